The third-order valence-corrected chi connectivity index (χ3v) is 3.22. The number of hydrogen-bond acceptors (Lipinski definition) is 4. The maximum absolute atomic E-state index is 12.9. The molecule has 1 aliphatic heterocycles. The monoisotopic (exact) mass is 359 g/mol. The quantitative estimate of drug-likeness (QED) is 0.783. The van der Waals surface area contributed by atoms with Gasteiger partial charge in [-0.1, -0.05) is 0 Å². The van der Waals surface area contributed by atoms with Crippen LogP contribution >= 0.6 is 15.9 Å². The lowest BCUT2D eigenvalue weighted by Gasteiger charge is -2.19. The predicted molar refractivity (Wildman–Crippen MR) is 72.6 cm³/mol. The fourth-order valence-corrected chi connectivity index (χ4v) is 2.01. The zero-order valence-electron chi connectivity index (χ0n) is 10.9. The van der Waals surface area contributed by atoms with Gasteiger partial charge < -0.3 is 4.74 Å². The van der Waals surface area contributed by atoms with Crippen LogP contribution in [0.4, 0.5) is 9.18 Å². The summed E-state index contributed by atoms with van der Waals surface area (Å²) in [6.45, 7) is 1.21. The molecule has 0 saturated carbocycles. The first-order chi connectivity index (χ1) is 9.86. The fourth-order valence-electron chi connectivity index (χ4n) is 1.57. The molecule has 1 atom stereocenters. The Balaban J connectivity index is 1.96. The van der Waals surface area contributed by atoms with E-state index in [1.807, 2.05) is 5.32 Å². The van der Waals surface area contributed by atoms with E-state index in [0.717, 1.165) is 5.01 Å². The summed E-state index contributed by atoms with van der Waals surface area (Å²) in [4.78, 5) is 34.1. The molecular formula is C12H11BrFN3O4. The Labute approximate surface area is 127 Å². The molecule has 7 nitrogen and oxygen atoms in total. The van der Waals surface area contributed by atoms with E-state index in [9.17, 15) is 18.8 Å². The molecule has 0 spiro atoms. The number of ether oxygens (including phenoxy) is 1. The molecule has 112 valence electrons. The first kappa shape index (κ1) is 15.2. The molecule has 1 unspecified atom stereocenters. The number of imide groups is 1. The van der Waals surface area contributed by atoms with Crippen molar-refractivity contribution in [3.05, 3.63) is 28.5 Å². The van der Waals surface area contributed by atoms with Crippen LogP contribution in [-0.2, 0) is 9.59 Å². The Bertz CT molecular complexity index is 610. The van der Waals surface area contributed by atoms with Crippen molar-refractivity contribution in [2.24, 2.45) is 0 Å². The number of carbonyl (C=O) groups excluding carboxylic acids is 3. The van der Waals surface area contributed by atoms with Gasteiger partial charge in [0.25, 0.3) is 5.91 Å². The highest BCUT2D eigenvalue weighted by molar-refractivity contribution is 9.10. The molecule has 0 aliphatic carbocycles. The van der Waals surface area contributed by atoms with Gasteiger partial charge in [0.15, 0.2) is 6.10 Å². The molecule has 1 aliphatic rings. The average Bonchev–Trinajstić information content (AvgIpc) is 2.71. The Morgan fingerprint density at radius 3 is 2.81 bits per heavy atom. The summed E-state index contributed by atoms with van der Waals surface area (Å²) in [5, 5.41) is 2.87. The molecule has 1 aromatic rings. The van der Waals surface area contributed by atoms with Gasteiger partial charge >= 0.3 is 6.03 Å². The molecular weight excluding hydrogens is 349 g/mol. The van der Waals surface area contributed by atoms with Gasteiger partial charge in [-0.05, 0) is 41.1 Å². The minimum atomic E-state index is -0.949. The highest BCUT2D eigenvalue weighted by Gasteiger charge is 2.29. The minimum Gasteiger partial charge on any atom is -0.480 e. The Morgan fingerprint density at radius 2 is 2.24 bits per heavy atom. The van der Waals surface area contributed by atoms with Crippen molar-refractivity contribution in [1.29, 1.82) is 0 Å². The summed E-state index contributed by atoms with van der Waals surface area (Å²) < 4.78 is 18.7. The zero-order chi connectivity index (χ0) is 15.6. The number of rotatable bonds is 4. The van der Waals surface area contributed by atoms with E-state index in [0.29, 0.717) is 4.47 Å². The minimum absolute atomic E-state index is 0.252. The fraction of sp³-hybridized carbons (Fsp3) is 0.250. The predicted octanol–water partition coefficient (Wildman–Crippen LogP) is 0.938. The molecule has 1 aromatic carbocycles. The number of carbonyl (C=O) groups is 3. The van der Waals surface area contributed by atoms with Crippen LogP contribution in [0.25, 0.3) is 0 Å². The van der Waals surface area contributed by atoms with Crippen molar-refractivity contribution in [1.82, 2.24) is 15.8 Å². The van der Waals surface area contributed by atoms with Crippen LogP contribution in [0.2, 0.25) is 0 Å². The molecule has 2 rings (SSSR count). The number of urea groups is 1. The zero-order valence-corrected chi connectivity index (χ0v) is 12.4. The first-order valence-electron chi connectivity index (χ1n) is 5.90. The molecule has 0 bridgehead atoms. The normalized spacial score (nSPS) is 15.7. The van der Waals surface area contributed by atoms with Gasteiger partial charge in [-0.25, -0.2) is 14.2 Å². The second-order valence-electron chi connectivity index (χ2n) is 4.25. The van der Waals surface area contributed by atoms with Crippen LogP contribution in [0.5, 0.6) is 5.75 Å². The number of hydrogen-bond donors (Lipinski definition) is 2. The summed E-state index contributed by atoms with van der Waals surface area (Å²) in [7, 11) is 0. The van der Waals surface area contributed by atoms with E-state index in [-0.39, 0.29) is 12.3 Å². The summed E-state index contributed by atoms with van der Waals surface area (Å²) in [6, 6.07) is 3.06. The molecule has 1 heterocycles. The lowest BCUT2D eigenvalue weighted by molar-refractivity contribution is -0.131. The van der Waals surface area contributed by atoms with E-state index in [1.54, 1.807) is 0 Å². The van der Waals surface area contributed by atoms with Crippen LogP contribution in [0.3, 0.4) is 0 Å². The maximum atomic E-state index is 12.9. The van der Waals surface area contributed by atoms with Gasteiger partial charge in [-0.3, -0.25) is 20.3 Å². The third kappa shape index (κ3) is 3.69. The number of nitrogens with one attached hydrogen (secondary N) is 2. The summed E-state index contributed by atoms with van der Waals surface area (Å²) >= 11 is 3.11. The summed E-state index contributed by atoms with van der Waals surface area (Å²) in [6.07, 6.45) is -0.949. The molecule has 2 N–H and O–H groups in total. The number of hydrazine groups is 1. The molecule has 21 heavy (non-hydrogen) atoms. The Kier molecular flexibility index (Phi) is 4.41. The van der Waals surface area contributed by atoms with Gasteiger partial charge in [0.2, 0.25) is 5.91 Å². The van der Waals surface area contributed by atoms with Crippen LogP contribution in [0, 0.1) is 5.82 Å². The number of nitrogens with zero attached hydrogens (tertiary/aromatic N) is 1. The third-order valence-electron chi connectivity index (χ3n) is 2.61. The number of amides is 4. The van der Waals surface area contributed by atoms with Gasteiger partial charge in [0, 0.05) is 0 Å². The largest absolute Gasteiger partial charge is 0.480 e. The van der Waals surface area contributed by atoms with Crippen molar-refractivity contribution < 1.29 is 23.5 Å². The van der Waals surface area contributed by atoms with Crippen molar-refractivity contribution in [2.75, 3.05) is 6.54 Å². The number of benzene rings is 1. The Morgan fingerprint density at radius 1 is 1.52 bits per heavy atom. The summed E-state index contributed by atoms with van der Waals surface area (Å²) in [5.74, 6) is -1.29. The molecule has 0 radical (unpaired) electrons. The molecule has 9 heteroatoms. The average molecular weight is 360 g/mol. The van der Waals surface area contributed by atoms with E-state index in [1.165, 1.54) is 25.1 Å². The van der Waals surface area contributed by atoms with E-state index in [2.05, 4.69) is 21.4 Å². The highest BCUT2D eigenvalue weighted by atomic mass is 79.9. The van der Waals surface area contributed by atoms with Gasteiger partial charge in [0.1, 0.15) is 18.1 Å². The Hall–Kier alpha value is -2.16. The van der Waals surface area contributed by atoms with Crippen molar-refractivity contribution in [3.63, 3.8) is 0 Å². The van der Waals surface area contributed by atoms with Crippen LogP contribution in [-0.4, -0.2) is 35.5 Å². The topological polar surface area (TPSA) is 87.7 Å². The van der Waals surface area contributed by atoms with Gasteiger partial charge in [0.05, 0.1) is 4.47 Å². The smallest absolute Gasteiger partial charge is 0.343 e. The first-order valence-corrected chi connectivity index (χ1v) is 6.69. The molecule has 4 amide bonds. The van der Waals surface area contributed by atoms with Gasteiger partial charge in [-0.15, -0.1) is 0 Å². The second kappa shape index (κ2) is 6.08. The van der Waals surface area contributed by atoms with E-state index >= 15 is 0 Å². The van der Waals surface area contributed by atoms with Crippen LogP contribution in [0.1, 0.15) is 6.92 Å². The standard InChI is InChI=1S/C12H11BrFN3O4/c1-6(21-9-3-2-7(14)4-8(9)13)11(19)16-17-5-10(18)15-12(17)20/h2-4,6H,5H2,1H3,(H,16,19)(H,15,18,20). The lowest BCUT2D eigenvalue weighted by atomic mass is 10.3. The van der Waals surface area contributed by atoms with Crippen LogP contribution < -0.4 is 15.5 Å². The second-order valence-corrected chi connectivity index (χ2v) is 5.10. The summed E-state index contributed by atoms with van der Waals surface area (Å²) in [5.41, 5.74) is 2.26. The van der Waals surface area contributed by atoms with Crippen molar-refractivity contribution in [3.8, 4) is 5.75 Å². The van der Waals surface area contributed by atoms with Gasteiger partial charge in [-0.2, -0.15) is 0 Å². The van der Waals surface area contributed by atoms with Crippen LogP contribution in [0.15, 0.2) is 22.7 Å². The number of halogens is 2. The van der Waals surface area contributed by atoms with E-state index < -0.39 is 29.8 Å². The highest BCUT2D eigenvalue weighted by Crippen LogP contribution is 2.26. The van der Waals surface area contributed by atoms with E-state index in [4.69, 9.17) is 4.74 Å². The molecule has 1 saturated heterocycles. The molecule has 1 fully saturated rings. The lowest BCUT2D eigenvalue weighted by Crippen LogP contribution is -2.48. The van der Waals surface area contributed by atoms with Crippen molar-refractivity contribution >= 4 is 33.8 Å². The maximum Gasteiger partial charge on any atom is 0.343 e. The molecule has 0 aromatic heterocycles. The van der Waals surface area contributed by atoms with Crippen molar-refractivity contribution in [2.45, 2.75) is 13.0 Å². The SMILES string of the molecule is CC(Oc1ccc(F)cc1Br)C(=O)NN1CC(=O)NC1=O.